The summed E-state index contributed by atoms with van der Waals surface area (Å²) < 4.78 is 0. The Morgan fingerprint density at radius 2 is 2.12 bits per heavy atom. The average Bonchev–Trinajstić information content (AvgIpc) is 2.38. The van der Waals surface area contributed by atoms with Crippen molar-refractivity contribution in [3.63, 3.8) is 0 Å². The molecule has 2 rings (SSSR count). The molecule has 1 heterocycles. The summed E-state index contributed by atoms with van der Waals surface area (Å²) >= 11 is 0. The predicted molar refractivity (Wildman–Crippen MR) is 59.7 cm³/mol. The normalized spacial score (nSPS) is 17.0. The molecule has 0 saturated heterocycles. The number of carbonyl (C=O) groups excluding carboxylic acids is 1. The second kappa shape index (κ2) is 5.61. The summed E-state index contributed by atoms with van der Waals surface area (Å²) in [4.78, 5) is 20.9. The fourth-order valence-electron chi connectivity index (χ4n) is 1.87. The first-order chi connectivity index (χ1) is 7.86. The molecule has 0 bridgehead atoms. The SMILES string of the molecule is O=C(NOC1CCCCC1)c1ccccn1. The van der Waals surface area contributed by atoms with Crippen molar-refractivity contribution in [3.8, 4) is 0 Å². The minimum Gasteiger partial charge on any atom is -0.270 e. The summed E-state index contributed by atoms with van der Waals surface area (Å²) in [6.07, 6.45) is 7.46. The lowest BCUT2D eigenvalue weighted by molar-refractivity contribution is -0.0314. The van der Waals surface area contributed by atoms with Crippen molar-refractivity contribution in [1.82, 2.24) is 10.5 Å². The molecule has 4 heteroatoms. The first-order valence-electron chi connectivity index (χ1n) is 5.73. The molecular formula is C12H16N2O2. The van der Waals surface area contributed by atoms with Gasteiger partial charge in [0.2, 0.25) is 0 Å². The summed E-state index contributed by atoms with van der Waals surface area (Å²) in [7, 11) is 0. The molecule has 0 spiro atoms. The molecule has 0 radical (unpaired) electrons. The van der Waals surface area contributed by atoms with Crippen LogP contribution in [-0.4, -0.2) is 17.0 Å². The van der Waals surface area contributed by atoms with Crippen LogP contribution in [0.1, 0.15) is 42.6 Å². The maximum Gasteiger partial charge on any atom is 0.293 e. The zero-order chi connectivity index (χ0) is 11.2. The number of pyridine rings is 1. The lowest BCUT2D eigenvalue weighted by atomic mass is 9.98. The van der Waals surface area contributed by atoms with Gasteiger partial charge < -0.3 is 0 Å². The molecule has 0 aromatic carbocycles. The number of hydrogen-bond acceptors (Lipinski definition) is 3. The van der Waals surface area contributed by atoms with Gasteiger partial charge in [-0.2, -0.15) is 0 Å². The van der Waals surface area contributed by atoms with Crippen LogP contribution in [0.15, 0.2) is 24.4 Å². The fourth-order valence-corrected chi connectivity index (χ4v) is 1.87. The summed E-state index contributed by atoms with van der Waals surface area (Å²) in [6.45, 7) is 0. The maximum atomic E-state index is 11.6. The quantitative estimate of drug-likeness (QED) is 0.793. The number of hydrogen-bond donors (Lipinski definition) is 1. The number of nitrogens with zero attached hydrogens (tertiary/aromatic N) is 1. The topological polar surface area (TPSA) is 51.2 Å². The molecule has 1 aromatic heterocycles. The maximum absolute atomic E-state index is 11.6. The molecule has 1 aliphatic rings. The van der Waals surface area contributed by atoms with Crippen molar-refractivity contribution in [3.05, 3.63) is 30.1 Å². The van der Waals surface area contributed by atoms with Gasteiger partial charge in [0.15, 0.2) is 0 Å². The van der Waals surface area contributed by atoms with Crippen LogP contribution in [0.25, 0.3) is 0 Å². The van der Waals surface area contributed by atoms with Crippen LogP contribution in [0.4, 0.5) is 0 Å². The second-order valence-corrected chi connectivity index (χ2v) is 4.02. The van der Waals surface area contributed by atoms with Crippen LogP contribution in [0, 0.1) is 0 Å². The van der Waals surface area contributed by atoms with Gasteiger partial charge in [-0.3, -0.25) is 14.6 Å². The highest BCUT2D eigenvalue weighted by atomic mass is 16.7. The van der Waals surface area contributed by atoms with Gasteiger partial charge in [0.25, 0.3) is 5.91 Å². The highest BCUT2D eigenvalue weighted by Crippen LogP contribution is 2.19. The van der Waals surface area contributed by atoms with Crippen LogP contribution in [0.2, 0.25) is 0 Å². The Hall–Kier alpha value is -1.42. The molecule has 0 aliphatic heterocycles. The lowest BCUT2D eigenvalue weighted by Crippen LogP contribution is -2.31. The van der Waals surface area contributed by atoms with E-state index < -0.39 is 0 Å². The molecule has 86 valence electrons. The van der Waals surface area contributed by atoms with E-state index >= 15 is 0 Å². The van der Waals surface area contributed by atoms with E-state index in [2.05, 4.69) is 10.5 Å². The fraction of sp³-hybridized carbons (Fsp3) is 0.500. The standard InChI is InChI=1S/C12H16N2O2/c15-12(11-8-4-5-9-13-11)14-16-10-6-2-1-3-7-10/h4-5,8-10H,1-3,6-7H2,(H,14,15). The minimum atomic E-state index is -0.272. The minimum absolute atomic E-state index is 0.168. The van der Waals surface area contributed by atoms with Gasteiger partial charge in [0.1, 0.15) is 5.69 Å². The molecule has 1 N–H and O–H groups in total. The van der Waals surface area contributed by atoms with E-state index in [0.29, 0.717) is 5.69 Å². The number of nitrogens with one attached hydrogen (secondary N) is 1. The molecule has 0 atom stereocenters. The van der Waals surface area contributed by atoms with E-state index in [0.717, 1.165) is 12.8 Å². The molecule has 4 nitrogen and oxygen atoms in total. The third-order valence-corrected chi connectivity index (χ3v) is 2.77. The third kappa shape index (κ3) is 3.03. The smallest absolute Gasteiger partial charge is 0.270 e. The highest BCUT2D eigenvalue weighted by Gasteiger charge is 2.15. The van der Waals surface area contributed by atoms with Crippen molar-refractivity contribution in [1.29, 1.82) is 0 Å². The Kier molecular flexibility index (Phi) is 3.88. The molecular weight excluding hydrogens is 204 g/mol. The second-order valence-electron chi connectivity index (χ2n) is 4.02. The van der Waals surface area contributed by atoms with Gasteiger partial charge in [-0.05, 0) is 25.0 Å². The number of rotatable bonds is 3. The molecule has 1 aliphatic carbocycles. The highest BCUT2D eigenvalue weighted by molar-refractivity contribution is 5.91. The number of carbonyl (C=O) groups is 1. The first kappa shape index (κ1) is 11.1. The summed E-state index contributed by atoms with van der Waals surface area (Å²) in [5.74, 6) is -0.272. The molecule has 1 amide bonds. The van der Waals surface area contributed by atoms with E-state index in [4.69, 9.17) is 4.84 Å². The van der Waals surface area contributed by atoms with Crippen molar-refractivity contribution in [2.24, 2.45) is 0 Å². The zero-order valence-electron chi connectivity index (χ0n) is 9.19. The van der Waals surface area contributed by atoms with Gasteiger partial charge in [-0.25, -0.2) is 5.48 Å². The third-order valence-electron chi connectivity index (χ3n) is 2.77. The Bertz CT molecular complexity index is 334. The Morgan fingerprint density at radius 1 is 1.31 bits per heavy atom. The average molecular weight is 220 g/mol. The van der Waals surface area contributed by atoms with Gasteiger partial charge in [0, 0.05) is 6.20 Å². The van der Waals surface area contributed by atoms with Crippen LogP contribution in [0.5, 0.6) is 0 Å². The zero-order valence-corrected chi connectivity index (χ0v) is 9.19. The van der Waals surface area contributed by atoms with Gasteiger partial charge >= 0.3 is 0 Å². The predicted octanol–water partition coefficient (Wildman–Crippen LogP) is 2.08. The van der Waals surface area contributed by atoms with Crippen molar-refractivity contribution < 1.29 is 9.63 Å². The summed E-state index contributed by atoms with van der Waals surface area (Å²) in [6, 6.07) is 5.22. The van der Waals surface area contributed by atoms with E-state index in [1.807, 2.05) is 0 Å². The largest absolute Gasteiger partial charge is 0.293 e. The molecule has 0 unspecified atom stereocenters. The van der Waals surface area contributed by atoms with Crippen LogP contribution in [0.3, 0.4) is 0 Å². The monoisotopic (exact) mass is 220 g/mol. The van der Waals surface area contributed by atoms with Crippen molar-refractivity contribution in [2.45, 2.75) is 38.2 Å². The van der Waals surface area contributed by atoms with Crippen molar-refractivity contribution in [2.75, 3.05) is 0 Å². The van der Waals surface area contributed by atoms with Crippen LogP contribution < -0.4 is 5.48 Å². The van der Waals surface area contributed by atoms with Crippen LogP contribution in [-0.2, 0) is 4.84 Å². The van der Waals surface area contributed by atoms with E-state index in [9.17, 15) is 4.79 Å². The Balaban J connectivity index is 1.79. The van der Waals surface area contributed by atoms with Gasteiger partial charge in [0.05, 0.1) is 6.10 Å². The molecule has 1 aromatic rings. The van der Waals surface area contributed by atoms with Gasteiger partial charge in [-0.1, -0.05) is 25.3 Å². The first-order valence-corrected chi connectivity index (χ1v) is 5.73. The van der Waals surface area contributed by atoms with E-state index in [1.54, 1.807) is 24.4 Å². The number of aromatic nitrogens is 1. The number of amides is 1. The van der Waals surface area contributed by atoms with E-state index in [1.165, 1.54) is 19.3 Å². The van der Waals surface area contributed by atoms with E-state index in [-0.39, 0.29) is 12.0 Å². The van der Waals surface area contributed by atoms with Crippen molar-refractivity contribution >= 4 is 5.91 Å². The molecule has 16 heavy (non-hydrogen) atoms. The summed E-state index contributed by atoms with van der Waals surface area (Å²) in [5, 5.41) is 0. The number of hydroxylamine groups is 1. The Labute approximate surface area is 95.0 Å². The Morgan fingerprint density at radius 3 is 2.81 bits per heavy atom. The van der Waals surface area contributed by atoms with Gasteiger partial charge in [-0.15, -0.1) is 0 Å². The van der Waals surface area contributed by atoms with Crippen LogP contribution >= 0.6 is 0 Å². The summed E-state index contributed by atoms with van der Waals surface area (Å²) in [5.41, 5.74) is 2.85. The lowest BCUT2D eigenvalue weighted by Gasteiger charge is -2.21. The molecule has 1 saturated carbocycles. The molecule has 1 fully saturated rings.